The molecule has 13 heavy (non-hydrogen) atoms. The summed E-state index contributed by atoms with van der Waals surface area (Å²) in [5.41, 5.74) is 0. The van der Waals surface area contributed by atoms with Crippen LogP contribution >= 0.6 is 0 Å². The van der Waals surface area contributed by atoms with E-state index in [1.54, 1.807) is 0 Å². The molecule has 0 fully saturated rings. The highest BCUT2D eigenvalue weighted by Gasteiger charge is 1.81. The molecule has 0 atom stereocenters. The van der Waals surface area contributed by atoms with E-state index in [0.717, 1.165) is 25.5 Å². The highest BCUT2D eigenvalue weighted by Crippen LogP contribution is 1.99. The molecule has 0 aromatic rings. The molecule has 0 heterocycles. The largest absolute Gasteiger partial charge is 0.303 e. The van der Waals surface area contributed by atoms with Gasteiger partial charge in [-0.15, -0.1) is 0 Å². The predicted molar refractivity (Wildman–Crippen MR) is 57.7 cm³/mol. The van der Waals surface area contributed by atoms with E-state index in [-0.39, 0.29) is 0 Å². The van der Waals surface area contributed by atoms with Crippen molar-refractivity contribution in [2.75, 3.05) is 0 Å². The molecule has 0 radical (unpaired) electrons. The Morgan fingerprint density at radius 1 is 0.846 bits per heavy atom. The Hall–Kier alpha value is -0.850. The van der Waals surface area contributed by atoms with Gasteiger partial charge in [-0.2, -0.15) is 0 Å². The second-order valence-electron chi connectivity index (χ2n) is 3.03. The van der Waals surface area contributed by atoms with Gasteiger partial charge in [0, 0.05) is 6.42 Å². The van der Waals surface area contributed by atoms with Gasteiger partial charge >= 0.3 is 0 Å². The maximum Gasteiger partial charge on any atom is 0.120 e. The minimum absolute atomic E-state index is 0.659. The molecular formula is C12H20O. The predicted octanol–water partition coefficient (Wildman–Crippen LogP) is 3.66. The van der Waals surface area contributed by atoms with Crippen LogP contribution in [0.4, 0.5) is 0 Å². The Bertz CT molecular complexity index is 157. The molecule has 0 aromatic carbocycles. The molecule has 0 rings (SSSR count). The molecular weight excluding hydrogens is 160 g/mol. The summed E-state index contributed by atoms with van der Waals surface area (Å²) in [4.78, 5) is 9.97. The first-order valence-corrected chi connectivity index (χ1v) is 5.15. The molecule has 0 aliphatic heterocycles. The molecule has 0 saturated heterocycles. The van der Waals surface area contributed by atoms with E-state index in [1.807, 2.05) is 0 Å². The maximum absolute atomic E-state index is 9.97. The van der Waals surface area contributed by atoms with E-state index in [4.69, 9.17) is 0 Å². The summed E-state index contributed by atoms with van der Waals surface area (Å²) in [6, 6.07) is 0. The first kappa shape index (κ1) is 12.2. The zero-order valence-corrected chi connectivity index (χ0v) is 8.54. The summed E-state index contributed by atoms with van der Waals surface area (Å²) >= 11 is 0. The highest BCUT2D eigenvalue weighted by molar-refractivity contribution is 5.49. The van der Waals surface area contributed by atoms with E-state index in [0.29, 0.717) is 6.42 Å². The molecule has 0 aliphatic carbocycles. The Labute approximate surface area is 81.5 Å². The van der Waals surface area contributed by atoms with Crippen LogP contribution in [0.25, 0.3) is 0 Å². The number of allylic oxidation sites excluding steroid dienone is 4. The van der Waals surface area contributed by atoms with Crippen LogP contribution in [0.15, 0.2) is 24.3 Å². The van der Waals surface area contributed by atoms with Crippen molar-refractivity contribution in [1.82, 2.24) is 0 Å². The lowest BCUT2D eigenvalue weighted by atomic mass is 10.2. The van der Waals surface area contributed by atoms with Gasteiger partial charge in [0.15, 0.2) is 0 Å². The number of carbonyl (C=O) groups excluding carboxylic acids is 1. The summed E-state index contributed by atoms with van der Waals surface area (Å²) in [6.07, 6.45) is 15.9. The first-order valence-electron chi connectivity index (χ1n) is 5.15. The molecule has 0 spiro atoms. The van der Waals surface area contributed by atoms with Gasteiger partial charge in [-0.3, -0.25) is 0 Å². The SMILES string of the molecule is CC/C=C/CCC/C=C/CCC=O. The zero-order chi connectivity index (χ0) is 9.78. The van der Waals surface area contributed by atoms with Crippen molar-refractivity contribution in [3.63, 3.8) is 0 Å². The first-order chi connectivity index (χ1) is 6.41. The monoisotopic (exact) mass is 180 g/mol. The van der Waals surface area contributed by atoms with Crippen LogP contribution < -0.4 is 0 Å². The zero-order valence-electron chi connectivity index (χ0n) is 8.54. The smallest absolute Gasteiger partial charge is 0.120 e. The summed E-state index contributed by atoms with van der Waals surface area (Å²) in [6.45, 7) is 2.15. The van der Waals surface area contributed by atoms with E-state index < -0.39 is 0 Å². The number of carbonyl (C=O) groups is 1. The van der Waals surface area contributed by atoms with Gasteiger partial charge in [-0.25, -0.2) is 0 Å². The lowest BCUT2D eigenvalue weighted by Gasteiger charge is -1.89. The number of aldehydes is 1. The quantitative estimate of drug-likeness (QED) is 0.316. The fourth-order valence-corrected chi connectivity index (χ4v) is 1.04. The maximum atomic E-state index is 9.97. The van der Waals surface area contributed by atoms with E-state index >= 15 is 0 Å². The standard InChI is InChI=1S/C12H20O/c1-2-3-4-5-6-7-8-9-10-11-12-13/h3-4,8-9,12H,2,5-7,10-11H2,1H3/b4-3+,9-8+. The summed E-state index contributed by atoms with van der Waals surface area (Å²) < 4.78 is 0. The van der Waals surface area contributed by atoms with Gasteiger partial charge in [0.2, 0.25) is 0 Å². The fraction of sp³-hybridized carbons (Fsp3) is 0.583. The third-order valence-electron chi connectivity index (χ3n) is 1.76. The van der Waals surface area contributed by atoms with Gasteiger partial charge in [-0.1, -0.05) is 31.2 Å². The van der Waals surface area contributed by atoms with Crippen LogP contribution in [0, 0.1) is 0 Å². The van der Waals surface area contributed by atoms with Gasteiger partial charge in [0.25, 0.3) is 0 Å². The van der Waals surface area contributed by atoms with Crippen molar-refractivity contribution in [3.8, 4) is 0 Å². The van der Waals surface area contributed by atoms with Crippen LogP contribution in [0.3, 0.4) is 0 Å². The summed E-state index contributed by atoms with van der Waals surface area (Å²) in [5, 5.41) is 0. The number of rotatable bonds is 8. The molecule has 0 saturated carbocycles. The fourth-order valence-electron chi connectivity index (χ4n) is 1.04. The third-order valence-corrected chi connectivity index (χ3v) is 1.76. The van der Waals surface area contributed by atoms with Crippen molar-refractivity contribution in [2.45, 2.75) is 45.4 Å². The highest BCUT2D eigenvalue weighted by atomic mass is 16.1. The molecule has 74 valence electrons. The molecule has 0 amide bonds. The van der Waals surface area contributed by atoms with E-state index in [2.05, 4.69) is 31.2 Å². The molecule has 0 bridgehead atoms. The van der Waals surface area contributed by atoms with Crippen LogP contribution in [0.2, 0.25) is 0 Å². The van der Waals surface area contributed by atoms with Crippen LogP contribution in [-0.2, 0) is 4.79 Å². The molecule has 1 heteroatoms. The number of hydrogen-bond donors (Lipinski definition) is 0. The van der Waals surface area contributed by atoms with Crippen molar-refractivity contribution < 1.29 is 4.79 Å². The Balaban J connectivity index is 3.10. The Kier molecular flexibility index (Phi) is 10.4. The van der Waals surface area contributed by atoms with Crippen LogP contribution in [0.5, 0.6) is 0 Å². The topological polar surface area (TPSA) is 17.1 Å². The summed E-state index contributed by atoms with van der Waals surface area (Å²) in [5.74, 6) is 0. The second kappa shape index (κ2) is 11.2. The molecule has 0 unspecified atom stereocenters. The second-order valence-corrected chi connectivity index (χ2v) is 3.03. The minimum atomic E-state index is 0.659. The van der Waals surface area contributed by atoms with Crippen LogP contribution in [-0.4, -0.2) is 6.29 Å². The third kappa shape index (κ3) is 11.1. The van der Waals surface area contributed by atoms with Gasteiger partial charge in [0.05, 0.1) is 0 Å². The number of unbranched alkanes of at least 4 members (excludes halogenated alkanes) is 3. The lowest BCUT2D eigenvalue weighted by molar-refractivity contribution is -0.107. The van der Waals surface area contributed by atoms with E-state index in [1.165, 1.54) is 12.8 Å². The number of hydrogen-bond acceptors (Lipinski definition) is 1. The van der Waals surface area contributed by atoms with Crippen molar-refractivity contribution >= 4 is 6.29 Å². The molecule has 0 aliphatic rings. The van der Waals surface area contributed by atoms with Gasteiger partial charge in [0.1, 0.15) is 6.29 Å². The normalized spacial score (nSPS) is 11.5. The average Bonchev–Trinajstić information content (AvgIpc) is 2.16. The molecule has 0 N–H and O–H groups in total. The molecule has 1 nitrogen and oxygen atoms in total. The van der Waals surface area contributed by atoms with Gasteiger partial charge in [-0.05, 0) is 32.1 Å². The van der Waals surface area contributed by atoms with Crippen LogP contribution in [0.1, 0.15) is 45.4 Å². The van der Waals surface area contributed by atoms with Crippen molar-refractivity contribution in [3.05, 3.63) is 24.3 Å². The van der Waals surface area contributed by atoms with Gasteiger partial charge < -0.3 is 4.79 Å². The average molecular weight is 180 g/mol. The minimum Gasteiger partial charge on any atom is -0.303 e. The molecule has 0 aromatic heterocycles. The Morgan fingerprint density at radius 3 is 2.08 bits per heavy atom. The lowest BCUT2D eigenvalue weighted by Crippen LogP contribution is -1.72. The van der Waals surface area contributed by atoms with E-state index in [9.17, 15) is 4.79 Å². The Morgan fingerprint density at radius 2 is 1.46 bits per heavy atom. The van der Waals surface area contributed by atoms with Crippen molar-refractivity contribution in [1.29, 1.82) is 0 Å². The van der Waals surface area contributed by atoms with Crippen molar-refractivity contribution in [2.24, 2.45) is 0 Å². The summed E-state index contributed by atoms with van der Waals surface area (Å²) in [7, 11) is 0.